The molecule has 16 nitrogen and oxygen atoms in total. The van der Waals surface area contributed by atoms with Gasteiger partial charge in [-0.25, -0.2) is 14.5 Å². The summed E-state index contributed by atoms with van der Waals surface area (Å²) < 4.78 is 1.31. The fourth-order valence-electron chi connectivity index (χ4n) is 3.53. The average Bonchev–Trinajstić information content (AvgIpc) is 3.54. The molecule has 4 heterocycles. The monoisotopic (exact) mass is 593 g/mol. The van der Waals surface area contributed by atoms with Crippen molar-refractivity contribution in [3.8, 4) is 12.3 Å². The largest absolute Gasteiger partial charge is 0.481 e. The molecule has 204 valence electrons. The van der Waals surface area contributed by atoms with Crippen LogP contribution in [0.5, 0.6) is 0 Å². The molecule has 2 amide bonds. The lowest BCUT2D eigenvalue weighted by molar-refractivity contribution is -0.150. The zero-order valence-corrected chi connectivity index (χ0v) is 22.2. The second kappa shape index (κ2) is 12.1. The van der Waals surface area contributed by atoms with Crippen molar-refractivity contribution in [2.45, 2.75) is 29.5 Å². The van der Waals surface area contributed by atoms with Crippen LogP contribution in [0.25, 0.3) is 0 Å². The van der Waals surface area contributed by atoms with Crippen LogP contribution < -0.4 is 11.1 Å². The zero-order chi connectivity index (χ0) is 28.1. The summed E-state index contributed by atoms with van der Waals surface area (Å²) in [5.41, 5.74) is 5.80. The Bertz CT molecular complexity index is 1410. The molecule has 1 fully saturated rings. The van der Waals surface area contributed by atoms with Crippen molar-refractivity contribution in [2.75, 3.05) is 23.8 Å². The summed E-state index contributed by atoms with van der Waals surface area (Å²) in [6.07, 6.45) is 4.96. The van der Waals surface area contributed by atoms with E-state index in [1.165, 1.54) is 21.8 Å². The third-order valence-electron chi connectivity index (χ3n) is 5.23. The van der Waals surface area contributed by atoms with E-state index >= 15 is 0 Å². The Balaban J connectivity index is 1.47. The van der Waals surface area contributed by atoms with E-state index in [9.17, 15) is 24.3 Å². The molecule has 2 aliphatic rings. The van der Waals surface area contributed by atoms with Crippen LogP contribution in [0.2, 0.25) is 0 Å². The molecule has 2 atom stereocenters. The van der Waals surface area contributed by atoms with Crippen LogP contribution in [0.1, 0.15) is 12.1 Å². The van der Waals surface area contributed by atoms with Gasteiger partial charge in [0.05, 0.1) is 13.0 Å². The molecular formula is C20H19N9O7S3. The number of carboxylic acid groups (broad SMARTS) is 2. The molecule has 0 spiro atoms. The number of nitrogens with two attached hydrogens (primary N) is 1. The van der Waals surface area contributed by atoms with E-state index in [1.807, 2.05) is 0 Å². The van der Waals surface area contributed by atoms with Gasteiger partial charge in [-0.2, -0.15) is 0 Å². The van der Waals surface area contributed by atoms with Crippen LogP contribution in [0.3, 0.4) is 0 Å². The number of anilines is 1. The van der Waals surface area contributed by atoms with Crippen molar-refractivity contribution in [2.24, 2.45) is 5.16 Å². The van der Waals surface area contributed by atoms with Crippen molar-refractivity contribution in [1.82, 2.24) is 35.4 Å². The number of thioether (sulfide) groups is 2. The molecule has 0 aromatic carbocycles. The summed E-state index contributed by atoms with van der Waals surface area (Å²) in [6.45, 7) is -0.157. The van der Waals surface area contributed by atoms with Gasteiger partial charge in [0.25, 0.3) is 11.8 Å². The molecule has 39 heavy (non-hydrogen) atoms. The summed E-state index contributed by atoms with van der Waals surface area (Å²) in [7, 11) is 0. The molecule has 2 aromatic rings. The van der Waals surface area contributed by atoms with Crippen LogP contribution in [-0.2, 0) is 30.6 Å². The highest BCUT2D eigenvalue weighted by atomic mass is 32.2. The van der Waals surface area contributed by atoms with Gasteiger partial charge in [-0.3, -0.25) is 19.3 Å². The number of hydrogen-bond donors (Lipinski definition) is 4. The van der Waals surface area contributed by atoms with Crippen LogP contribution >= 0.6 is 34.9 Å². The van der Waals surface area contributed by atoms with Gasteiger partial charge < -0.3 is 26.1 Å². The van der Waals surface area contributed by atoms with Gasteiger partial charge in [-0.15, -0.1) is 34.6 Å². The number of aliphatic carboxylic acids is 2. The number of carboxylic acids is 2. The maximum Gasteiger partial charge on any atom is 0.352 e. The number of amides is 2. The first-order chi connectivity index (χ1) is 18.7. The summed E-state index contributed by atoms with van der Waals surface area (Å²) in [4.78, 5) is 59.1. The van der Waals surface area contributed by atoms with Crippen LogP contribution in [0, 0.1) is 12.3 Å². The highest BCUT2D eigenvalue weighted by molar-refractivity contribution is 8.01. The normalized spacial score (nSPS) is 18.7. The minimum Gasteiger partial charge on any atom is -0.481 e. The molecule has 0 saturated carbocycles. The molecule has 2 aliphatic heterocycles. The predicted octanol–water partition coefficient (Wildman–Crippen LogP) is -0.929. The van der Waals surface area contributed by atoms with E-state index in [1.54, 1.807) is 0 Å². The van der Waals surface area contributed by atoms with Crippen molar-refractivity contribution < 1.29 is 34.2 Å². The average molecular weight is 594 g/mol. The summed E-state index contributed by atoms with van der Waals surface area (Å²) >= 11 is 3.47. The van der Waals surface area contributed by atoms with Gasteiger partial charge in [-0.1, -0.05) is 22.8 Å². The molecule has 0 radical (unpaired) electrons. The number of terminal acetylenes is 1. The number of hydrogen-bond acceptors (Lipinski definition) is 14. The topological polar surface area (TPSA) is 228 Å². The maximum absolute atomic E-state index is 13.0. The van der Waals surface area contributed by atoms with E-state index < -0.39 is 35.2 Å². The second-order valence-electron chi connectivity index (χ2n) is 7.72. The number of nitrogens with zero attached hydrogens (tertiary/aromatic N) is 7. The molecular weight excluding hydrogens is 574 g/mol. The minimum absolute atomic E-state index is 0.0465. The number of aryl methyl sites for hydroxylation is 1. The lowest BCUT2D eigenvalue weighted by atomic mass is 10.0. The molecule has 19 heteroatoms. The molecule has 5 N–H and O–H groups in total. The first-order valence-electron chi connectivity index (χ1n) is 10.9. The Morgan fingerprint density at radius 2 is 2.18 bits per heavy atom. The number of fused-ring (bicyclic) bond motifs is 1. The summed E-state index contributed by atoms with van der Waals surface area (Å²) in [5, 5.41) is 37.5. The number of nitrogen functional groups attached to an aromatic ring is 1. The van der Waals surface area contributed by atoms with Crippen LogP contribution in [0.4, 0.5) is 5.13 Å². The third kappa shape index (κ3) is 6.13. The number of tetrazole rings is 1. The molecule has 0 aliphatic carbocycles. The van der Waals surface area contributed by atoms with Gasteiger partial charge >= 0.3 is 11.9 Å². The molecule has 1 saturated heterocycles. The minimum atomic E-state index is -1.30. The fourth-order valence-corrected chi connectivity index (χ4v) is 6.47. The van der Waals surface area contributed by atoms with E-state index in [4.69, 9.17) is 22.1 Å². The van der Waals surface area contributed by atoms with Crippen molar-refractivity contribution in [1.29, 1.82) is 0 Å². The van der Waals surface area contributed by atoms with Gasteiger partial charge in [-0.05, 0) is 16.0 Å². The SMILES string of the molecule is C#CCON=C(C(=O)NC1C(=O)N2C(C(=O)O)=C(CSc3nnnn3CCC(=O)O)CS[C@@H]12)c1csc(N)n1. The number of thiazole rings is 1. The number of carbonyl (C=O) groups is 4. The van der Waals surface area contributed by atoms with E-state index in [-0.39, 0.29) is 53.3 Å². The highest BCUT2D eigenvalue weighted by Crippen LogP contribution is 2.41. The number of rotatable bonds is 12. The number of oxime groups is 1. The number of aromatic nitrogens is 5. The van der Waals surface area contributed by atoms with E-state index in [0.29, 0.717) is 10.7 Å². The van der Waals surface area contributed by atoms with Crippen LogP contribution in [0.15, 0.2) is 27.0 Å². The fraction of sp³-hybridized carbons (Fsp3) is 0.350. The smallest absolute Gasteiger partial charge is 0.352 e. The van der Waals surface area contributed by atoms with E-state index in [2.05, 4.69) is 36.9 Å². The second-order valence-corrected chi connectivity index (χ2v) is 10.7. The lowest BCUT2D eigenvalue weighted by Crippen LogP contribution is -2.71. The van der Waals surface area contributed by atoms with Gasteiger partial charge in [0.15, 0.2) is 17.5 Å². The summed E-state index contributed by atoms with van der Waals surface area (Å²) in [5.74, 6) is -1.10. The third-order valence-corrected chi connectivity index (χ3v) is 8.29. The molecule has 0 bridgehead atoms. The Morgan fingerprint density at radius 3 is 2.85 bits per heavy atom. The zero-order valence-electron chi connectivity index (χ0n) is 19.7. The molecule has 4 rings (SSSR count). The first-order valence-corrected chi connectivity index (χ1v) is 13.8. The van der Waals surface area contributed by atoms with Gasteiger partial charge in [0.2, 0.25) is 5.16 Å². The van der Waals surface area contributed by atoms with Crippen molar-refractivity contribution >= 4 is 69.5 Å². The number of β-lactam (4-membered cyclic amide) rings is 1. The van der Waals surface area contributed by atoms with Gasteiger partial charge in [0, 0.05) is 16.9 Å². The van der Waals surface area contributed by atoms with E-state index in [0.717, 1.165) is 28.0 Å². The Hall–Kier alpha value is -4.15. The summed E-state index contributed by atoms with van der Waals surface area (Å²) in [6, 6.07) is -1.02. The Morgan fingerprint density at radius 1 is 1.38 bits per heavy atom. The van der Waals surface area contributed by atoms with Crippen molar-refractivity contribution in [3.63, 3.8) is 0 Å². The number of nitrogens with one attached hydrogen (secondary N) is 1. The Labute approximate surface area is 232 Å². The molecule has 2 aromatic heterocycles. The van der Waals surface area contributed by atoms with Gasteiger partial charge in [0.1, 0.15) is 22.8 Å². The Kier molecular flexibility index (Phi) is 8.68. The first kappa shape index (κ1) is 27.9. The standard InChI is InChI=1S/C20H19N9O7S3/c1-2-5-36-25-12(10-8-38-19(21)22-10)15(32)23-13-16(33)29-14(18(34)35)9(6-37-17(13)29)7-39-20-24-26-27-28(20)4-3-11(30)31/h1,8,13,17H,3-7H2,(H2,21,22)(H,23,32)(H,30,31)(H,34,35)/t13?,17-/m0/s1. The lowest BCUT2D eigenvalue weighted by Gasteiger charge is -2.49. The number of carbonyl (C=O) groups excluding carboxylic acids is 2. The van der Waals surface area contributed by atoms with Crippen molar-refractivity contribution in [3.05, 3.63) is 22.3 Å². The quantitative estimate of drug-likeness (QED) is 0.0582. The maximum atomic E-state index is 13.0. The van der Waals surface area contributed by atoms with Crippen LogP contribution in [-0.4, -0.2) is 99.3 Å². The predicted molar refractivity (Wildman–Crippen MR) is 138 cm³/mol. The highest BCUT2D eigenvalue weighted by Gasteiger charge is 2.54. The molecule has 1 unspecified atom stereocenters.